The molecule has 2 aromatic heterocycles. The van der Waals surface area contributed by atoms with Crippen LogP contribution in [0.4, 0.5) is 5.69 Å². The second-order valence-corrected chi connectivity index (χ2v) is 6.12. The molecule has 2 heterocycles. The Bertz CT molecular complexity index is 600. The molecule has 20 heavy (non-hydrogen) atoms. The first-order valence-electron chi connectivity index (χ1n) is 6.29. The summed E-state index contributed by atoms with van der Waals surface area (Å²) in [5.41, 5.74) is 1.39. The normalized spacial score (nSPS) is 10.3. The van der Waals surface area contributed by atoms with Crippen molar-refractivity contribution < 1.29 is 4.79 Å². The Hall–Kier alpha value is -1.59. The zero-order valence-electron chi connectivity index (χ0n) is 11.4. The van der Waals surface area contributed by atoms with Crippen LogP contribution in [0.5, 0.6) is 0 Å². The van der Waals surface area contributed by atoms with E-state index in [9.17, 15) is 4.79 Å². The van der Waals surface area contributed by atoms with Crippen LogP contribution in [0, 0.1) is 0 Å². The topological polar surface area (TPSA) is 45.2 Å². The largest absolute Gasteiger partial charge is 0.385 e. The molecule has 0 aromatic carbocycles. The zero-order chi connectivity index (χ0) is 14.5. The lowest BCUT2D eigenvalue weighted by Gasteiger charge is -2.18. The van der Waals surface area contributed by atoms with Crippen molar-refractivity contribution in [2.75, 3.05) is 18.9 Å². The van der Waals surface area contributed by atoms with Crippen molar-refractivity contribution in [1.29, 1.82) is 0 Å². The van der Waals surface area contributed by atoms with Crippen LogP contribution in [0.15, 0.2) is 30.6 Å². The quantitative estimate of drug-likeness (QED) is 0.919. The average Bonchev–Trinajstić information content (AvgIpc) is 2.84. The average molecular weight is 310 g/mol. The van der Waals surface area contributed by atoms with Crippen LogP contribution >= 0.6 is 22.9 Å². The Kier molecular flexibility index (Phi) is 4.98. The third-order valence-electron chi connectivity index (χ3n) is 2.79. The summed E-state index contributed by atoms with van der Waals surface area (Å²) in [6.07, 6.45) is 3.27. The number of halogens is 1. The molecule has 1 amide bonds. The number of carbonyl (C=O) groups excluding carboxylic acids is 1. The number of pyridine rings is 1. The van der Waals surface area contributed by atoms with Gasteiger partial charge in [-0.15, -0.1) is 11.3 Å². The van der Waals surface area contributed by atoms with Crippen molar-refractivity contribution >= 4 is 34.5 Å². The molecule has 1 N–H and O–H groups in total. The number of anilines is 1. The summed E-state index contributed by atoms with van der Waals surface area (Å²) >= 11 is 7.39. The number of amides is 1. The van der Waals surface area contributed by atoms with Gasteiger partial charge in [0.25, 0.3) is 5.91 Å². The van der Waals surface area contributed by atoms with Crippen molar-refractivity contribution in [1.82, 2.24) is 9.88 Å². The first-order valence-corrected chi connectivity index (χ1v) is 7.48. The van der Waals surface area contributed by atoms with Crippen LogP contribution in [0.25, 0.3) is 0 Å². The molecule has 2 rings (SSSR count). The van der Waals surface area contributed by atoms with Gasteiger partial charge in [-0.1, -0.05) is 11.6 Å². The highest BCUT2D eigenvalue weighted by molar-refractivity contribution is 7.16. The van der Waals surface area contributed by atoms with Gasteiger partial charge in [-0.25, -0.2) is 0 Å². The smallest absolute Gasteiger partial charge is 0.257 e. The number of hydrogen-bond acceptors (Lipinski definition) is 4. The molecule has 106 valence electrons. The number of nitrogens with one attached hydrogen (secondary N) is 1. The number of aromatic nitrogens is 1. The molecule has 0 bridgehead atoms. The maximum atomic E-state index is 12.5. The molecular formula is C14H16ClN3OS. The fourth-order valence-electron chi connectivity index (χ4n) is 1.86. The number of hydrogen-bond donors (Lipinski definition) is 1. The van der Waals surface area contributed by atoms with Gasteiger partial charge in [-0.2, -0.15) is 0 Å². The Morgan fingerprint density at radius 2 is 2.25 bits per heavy atom. The van der Waals surface area contributed by atoms with Gasteiger partial charge in [0.05, 0.1) is 22.1 Å². The van der Waals surface area contributed by atoms with E-state index in [1.54, 1.807) is 24.3 Å². The molecule has 2 aromatic rings. The standard InChI is InChI=1S/C14H16ClN3OS/c1-3-17-12-6-7-16-8-11(12)14(19)18(2)9-10-4-5-13(15)20-10/h4-8H,3,9H2,1-2H3,(H,16,17). The highest BCUT2D eigenvalue weighted by Crippen LogP contribution is 2.23. The van der Waals surface area contributed by atoms with Gasteiger partial charge in [0.15, 0.2) is 0 Å². The molecular weight excluding hydrogens is 294 g/mol. The molecule has 0 radical (unpaired) electrons. The third-order valence-corrected chi connectivity index (χ3v) is 4.00. The van der Waals surface area contributed by atoms with E-state index in [-0.39, 0.29) is 5.91 Å². The fourth-order valence-corrected chi connectivity index (χ4v) is 3.00. The molecule has 0 aliphatic rings. The van der Waals surface area contributed by atoms with Gasteiger partial charge in [-0.3, -0.25) is 9.78 Å². The summed E-state index contributed by atoms with van der Waals surface area (Å²) < 4.78 is 0.732. The molecule has 0 atom stereocenters. The Morgan fingerprint density at radius 1 is 1.45 bits per heavy atom. The lowest BCUT2D eigenvalue weighted by atomic mass is 10.2. The Morgan fingerprint density at radius 3 is 2.90 bits per heavy atom. The first kappa shape index (κ1) is 14.8. The SMILES string of the molecule is CCNc1ccncc1C(=O)N(C)Cc1ccc(Cl)s1. The molecule has 0 saturated carbocycles. The molecule has 0 fully saturated rings. The van der Waals surface area contributed by atoms with Gasteiger partial charge in [-0.05, 0) is 25.1 Å². The maximum Gasteiger partial charge on any atom is 0.257 e. The summed E-state index contributed by atoms with van der Waals surface area (Å²) in [6, 6.07) is 5.59. The van der Waals surface area contributed by atoms with Crippen LogP contribution in [0.1, 0.15) is 22.2 Å². The predicted octanol–water partition coefficient (Wildman–Crippen LogP) is 3.50. The maximum absolute atomic E-state index is 12.5. The van der Waals surface area contributed by atoms with E-state index in [4.69, 9.17) is 11.6 Å². The van der Waals surface area contributed by atoms with E-state index in [1.165, 1.54) is 11.3 Å². The van der Waals surface area contributed by atoms with Crippen LogP contribution in [0.3, 0.4) is 0 Å². The van der Waals surface area contributed by atoms with E-state index >= 15 is 0 Å². The molecule has 0 aliphatic carbocycles. The molecule has 0 spiro atoms. The summed E-state index contributed by atoms with van der Waals surface area (Å²) in [4.78, 5) is 19.2. The van der Waals surface area contributed by atoms with Crippen molar-refractivity contribution in [2.45, 2.75) is 13.5 Å². The Labute approximate surface area is 127 Å². The van der Waals surface area contributed by atoms with E-state index in [2.05, 4.69) is 10.3 Å². The molecule has 0 saturated heterocycles. The van der Waals surface area contributed by atoms with E-state index in [0.717, 1.165) is 21.4 Å². The van der Waals surface area contributed by atoms with Crippen LogP contribution in [-0.2, 0) is 6.54 Å². The summed E-state index contributed by atoms with van der Waals surface area (Å²) in [6.45, 7) is 3.29. The van der Waals surface area contributed by atoms with Crippen molar-refractivity contribution in [3.05, 3.63) is 45.4 Å². The molecule has 0 aliphatic heterocycles. The minimum absolute atomic E-state index is 0.0569. The zero-order valence-corrected chi connectivity index (χ0v) is 13.0. The fraction of sp³-hybridized carbons (Fsp3) is 0.286. The third kappa shape index (κ3) is 3.49. The molecule has 0 unspecified atom stereocenters. The lowest BCUT2D eigenvalue weighted by Crippen LogP contribution is -2.26. The number of rotatable bonds is 5. The molecule has 4 nitrogen and oxygen atoms in total. The molecule has 6 heteroatoms. The van der Waals surface area contributed by atoms with Crippen LogP contribution < -0.4 is 5.32 Å². The van der Waals surface area contributed by atoms with Gasteiger partial charge in [0.2, 0.25) is 0 Å². The van der Waals surface area contributed by atoms with Crippen molar-refractivity contribution in [3.8, 4) is 0 Å². The van der Waals surface area contributed by atoms with E-state index < -0.39 is 0 Å². The summed E-state index contributed by atoms with van der Waals surface area (Å²) in [5.74, 6) is -0.0569. The highest BCUT2D eigenvalue weighted by atomic mass is 35.5. The van der Waals surface area contributed by atoms with Gasteiger partial charge in [0.1, 0.15) is 0 Å². The van der Waals surface area contributed by atoms with Crippen molar-refractivity contribution in [3.63, 3.8) is 0 Å². The van der Waals surface area contributed by atoms with Crippen LogP contribution in [-0.4, -0.2) is 29.4 Å². The Balaban J connectivity index is 2.14. The lowest BCUT2D eigenvalue weighted by molar-refractivity contribution is 0.0787. The minimum Gasteiger partial charge on any atom is -0.385 e. The highest BCUT2D eigenvalue weighted by Gasteiger charge is 2.16. The number of carbonyl (C=O) groups is 1. The first-order chi connectivity index (χ1) is 9.61. The summed E-state index contributed by atoms with van der Waals surface area (Å²) in [5, 5.41) is 3.17. The number of thiophene rings is 1. The predicted molar refractivity (Wildman–Crippen MR) is 83.5 cm³/mol. The van der Waals surface area contributed by atoms with Crippen molar-refractivity contribution in [2.24, 2.45) is 0 Å². The second kappa shape index (κ2) is 6.72. The van der Waals surface area contributed by atoms with E-state index in [1.807, 2.05) is 25.1 Å². The van der Waals surface area contributed by atoms with Gasteiger partial charge in [0, 0.05) is 30.9 Å². The van der Waals surface area contributed by atoms with Gasteiger partial charge < -0.3 is 10.2 Å². The van der Waals surface area contributed by atoms with Gasteiger partial charge >= 0.3 is 0 Å². The van der Waals surface area contributed by atoms with Crippen LogP contribution in [0.2, 0.25) is 4.34 Å². The second-order valence-electron chi connectivity index (χ2n) is 4.32. The van der Waals surface area contributed by atoms with E-state index in [0.29, 0.717) is 12.1 Å². The monoisotopic (exact) mass is 309 g/mol. The minimum atomic E-state index is -0.0569. The number of nitrogens with zero attached hydrogens (tertiary/aromatic N) is 2. The summed E-state index contributed by atoms with van der Waals surface area (Å²) in [7, 11) is 1.78.